The number of anilines is 1. The first-order valence-corrected chi connectivity index (χ1v) is 17.3. The van der Waals surface area contributed by atoms with E-state index in [1.807, 2.05) is 0 Å². The maximum Gasteiger partial charge on any atom is 0.422 e. The minimum atomic E-state index is -4.54. The summed E-state index contributed by atoms with van der Waals surface area (Å²) in [6.07, 6.45) is -3.18. The Balaban J connectivity index is 1.17. The van der Waals surface area contributed by atoms with Gasteiger partial charge in [0.2, 0.25) is 12.6 Å². The number of carbonyl (C=O) groups is 2. The number of esters is 1. The van der Waals surface area contributed by atoms with E-state index in [0.717, 1.165) is 28.0 Å². The molecule has 3 aliphatic rings. The number of likely N-dealkylation sites (N-methyl/N-ethyl adjacent to an activating group) is 1. The van der Waals surface area contributed by atoms with Crippen LogP contribution in [0, 0.1) is 17.0 Å². The Kier molecular flexibility index (Phi) is 10.8. The number of nitrogens with one attached hydrogen (secondary N) is 1. The van der Waals surface area contributed by atoms with Crippen molar-refractivity contribution in [2.45, 2.75) is 68.7 Å². The predicted octanol–water partition coefficient (Wildman–Crippen LogP) is 5.48. The molecule has 2 unspecified atom stereocenters. The van der Waals surface area contributed by atoms with Crippen molar-refractivity contribution < 1.29 is 64.2 Å². The molecule has 12 nitrogen and oxygen atoms in total. The normalized spacial score (nSPS) is 20.6. The Bertz CT molecular complexity index is 2060. The Morgan fingerprint density at radius 2 is 1.77 bits per heavy atom. The molecule has 0 spiro atoms. The molecule has 300 valence electrons. The van der Waals surface area contributed by atoms with Gasteiger partial charge in [0, 0.05) is 47.9 Å². The van der Waals surface area contributed by atoms with Crippen LogP contribution in [0.2, 0.25) is 0 Å². The van der Waals surface area contributed by atoms with Crippen molar-refractivity contribution in [1.29, 1.82) is 0 Å². The second-order valence-electron chi connectivity index (χ2n) is 14.2. The van der Waals surface area contributed by atoms with Crippen LogP contribution in [0.4, 0.5) is 41.3 Å². The van der Waals surface area contributed by atoms with E-state index in [2.05, 4.69) is 15.4 Å². The highest BCUT2D eigenvalue weighted by molar-refractivity contribution is 5.86. The molecule has 2 aromatic carbocycles. The number of rotatable bonds is 15. The summed E-state index contributed by atoms with van der Waals surface area (Å²) in [5.74, 6) is -6.91. The highest BCUT2D eigenvalue weighted by Gasteiger charge is 2.82. The first-order valence-electron chi connectivity index (χ1n) is 17.3. The van der Waals surface area contributed by atoms with E-state index < -0.39 is 77.2 Å². The van der Waals surface area contributed by atoms with Gasteiger partial charge >= 0.3 is 18.2 Å². The number of aliphatic hydroxyl groups is 1. The molecule has 0 aliphatic heterocycles. The predicted molar refractivity (Wildman–Crippen MR) is 181 cm³/mol. The van der Waals surface area contributed by atoms with Crippen LogP contribution >= 0.6 is 0 Å². The molecule has 56 heavy (non-hydrogen) atoms. The van der Waals surface area contributed by atoms with E-state index in [9.17, 15) is 32.3 Å². The Morgan fingerprint density at radius 1 is 1.07 bits per heavy atom. The van der Waals surface area contributed by atoms with Crippen LogP contribution in [-0.4, -0.2) is 71.3 Å². The maximum atomic E-state index is 16.9. The lowest BCUT2D eigenvalue weighted by Crippen LogP contribution is -2.76. The summed E-state index contributed by atoms with van der Waals surface area (Å²) in [5.41, 5.74) is -5.68. The van der Waals surface area contributed by atoms with E-state index >= 15 is 13.2 Å². The van der Waals surface area contributed by atoms with Gasteiger partial charge in [0.25, 0.3) is 12.2 Å². The Hall–Kier alpha value is -5.30. The molecular weight excluding hydrogens is 757 g/mol. The molecule has 3 fully saturated rings. The number of aromatic nitrogens is 4. The number of amides is 1. The number of hydrogen-bond acceptors (Lipinski definition) is 9. The van der Waals surface area contributed by atoms with E-state index in [1.54, 1.807) is 19.2 Å². The zero-order valence-corrected chi connectivity index (χ0v) is 30.3. The fourth-order valence-electron chi connectivity index (χ4n) is 7.53. The molecule has 7 rings (SSSR count). The average Bonchev–Trinajstić information content (AvgIpc) is 3.57. The lowest BCUT2D eigenvalue weighted by Gasteiger charge is -2.74. The first kappa shape index (κ1) is 40.4. The van der Waals surface area contributed by atoms with Gasteiger partial charge in [-0.05, 0) is 67.6 Å². The van der Waals surface area contributed by atoms with Gasteiger partial charge in [-0.25, -0.2) is 27.3 Å². The first-order chi connectivity index (χ1) is 26.3. The summed E-state index contributed by atoms with van der Waals surface area (Å²) in [6, 6.07) is 10.7. The van der Waals surface area contributed by atoms with E-state index in [1.165, 1.54) is 55.3 Å². The Labute approximate surface area is 315 Å². The van der Waals surface area contributed by atoms with E-state index in [0.29, 0.717) is 17.2 Å². The fourth-order valence-corrected chi connectivity index (χ4v) is 7.53. The van der Waals surface area contributed by atoms with Crippen LogP contribution in [0.15, 0.2) is 73.4 Å². The molecular formula is C37H38F7N6O6+. The van der Waals surface area contributed by atoms with Crippen molar-refractivity contribution >= 4 is 17.9 Å². The monoisotopic (exact) mass is 795 g/mol. The molecule has 3 aliphatic carbocycles. The number of benzene rings is 2. The third-order valence-electron chi connectivity index (χ3n) is 10.3. The quantitative estimate of drug-likeness (QED) is 0.0913. The molecule has 1 amide bonds. The molecule has 0 saturated heterocycles. The summed E-state index contributed by atoms with van der Waals surface area (Å²) in [4.78, 5) is 30.2. The van der Waals surface area contributed by atoms with Crippen LogP contribution in [-0.2, 0) is 38.4 Å². The number of alkyl halides is 5. The van der Waals surface area contributed by atoms with Crippen LogP contribution in [0.25, 0.3) is 0 Å². The fraction of sp³-hybridized carbons (Fsp3) is 0.432. The second-order valence-corrected chi connectivity index (χ2v) is 14.2. The molecule has 4 aromatic rings. The highest BCUT2D eigenvalue weighted by atomic mass is 19.4. The summed E-state index contributed by atoms with van der Waals surface area (Å²) in [6.45, 7) is -1.25. The largest absolute Gasteiger partial charge is 0.484 e. The van der Waals surface area contributed by atoms with Gasteiger partial charge in [-0.2, -0.15) is 17.7 Å². The van der Waals surface area contributed by atoms with E-state index in [-0.39, 0.29) is 44.0 Å². The smallest absolute Gasteiger partial charge is 0.422 e. The van der Waals surface area contributed by atoms with Crippen molar-refractivity contribution in [1.82, 2.24) is 20.1 Å². The third kappa shape index (κ3) is 7.61. The number of carbonyl (C=O) groups excluding carboxylic acids is 2. The molecule has 3 saturated carbocycles. The standard InChI is InChI=1S/C37H38F7N6O6/c1-23(56-32(52)48(3)31-24(5-4-12-46-31)15-54-30(51)14-45-2)49-21-47-50(22-49)19-35(53,28-11-8-26(38)13-29(28)39)37(43,44)34-16-33(17-34,18-34)25-6-9-27(10-7-25)55-20-36(40,41)42/h4-13,21-23,45,53H,14-20H2,1-3H3/q+1. The maximum absolute atomic E-state index is 16.9. The number of pyridine rings is 1. The molecule has 2 heterocycles. The molecule has 2 N–H and O–H groups in total. The van der Waals surface area contributed by atoms with Crippen molar-refractivity contribution in [2.24, 2.45) is 5.41 Å². The number of nitrogens with zero attached hydrogens (tertiary/aromatic N) is 5. The lowest BCUT2D eigenvalue weighted by atomic mass is 9.30. The van der Waals surface area contributed by atoms with Gasteiger partial charge in [-0.15, -0.1) is 4.68 Å². The van der Waals surface area contributed by atoms with Crippen molar-refractivity contribution in [3.63, 3.8) is 0 Å². The van der Waals surface area contributed by atoms with Crippen LogP contribution < -0.4 is 19.5 Å². The van der Waals surface area contributed by atoms with E-state index in [4.69, 9.17) is 14.2 Å². The molecule has 0 radical (unpaired) electrons. The number of halogens is 7. The van der Waals surface area contributed by atoms with Crippen molar-refractivity contribution in [3.05, 3.63) is 102 Å². The van der Waals surface area contributed by atoms with Crippen molar-refractivity contribution in [3.8, 4) is 5.75 Å². The zero-order chi connectivity index (χ0) is 40.7. The minimum absolute atomic E-state index is 0.0296. The van der Waals surface area contributed by atoms with Gasteiger partial charge in [-0.3, -0.25) is 9.69 Å². The van der Waals surface area contributed by atoms with Crippen molar-refractivity contribution in [2.75, 3.05) is 32.1 Å². The number of ether oxygens (including phenoxy) is 3. The zero-order valence-electron chi connectivity index (χ0n) is 30.3. The number of hydrogen-bond donors (Lipinski definition) is 2. The van der Waals surface area contributed by atoms with Gasteiger partial charge in [0.1, 0.15) is 36.4 Å². The summed E-state index contributed by atoms with van der Waals surface area (Å²) in [7, 11) is 2.95. The molecule has 2 atom stereocenters. The summed E-state index contributed by atoms with van der Waals surface area (Å²) in [5, 5.41) is 18.7. The summed E-state index contributed by atoms with van der Waals surface area (Å²) >= 11 is 0. The average molecular weight is 796 g/mol. The molecule has 19 heteroatoms. The SMILES string of the molecule is CNCC(=O)OCc1cccnc1N(C)C(=O)OC(C)[n+]1cnn(CC(O)(c2ccc(F)cc2F)C(F)(F)C23CC(c4ccc(OCC(F)(F)F)cc4)(C2)C3)c1. The van der Waals surface area contributed by atoms with Gasteiger partial charge in [0.05, 0.1) is 6.54 Å². The van der Waals surface area contributed by atoms with Gasteiger partial charge in [0.15, 0.2) is 12.2 Å². The lowest BCUT2D eigenvalue weighted by molar-refractivity contribution is -0.753. The van der Waals surface area contributed by atoms with Gasteiger partial charge < -0.3 is 24.6 Å². The minimum Gasteiger partial charge on any atom is -0.484 e. The third-order valence-corrected chi connectivity index (χ3v) is 10.3. The second kappa shape index (κ2) is 15.0. The molecule has 2 aromatic heterocycles. The van der Waals surface area contributed by atoms with Crippen LogP contribution in [0.5, 0.6) is 5.75 Å². The van der Waals surface area contributed by atoms with Crippen LogP contribution in [0.1, 0.15) is 49.1 Å². The Morgan fingerprint density at radius 3 is 2.41 bits per heavy atom. The topological polar surface area (TPSA) is 132 Å². The summed E-state index contributed by atoms with van der Waals surface area (Å²) < 4.78 is 118. The van der Waals surface area contributed by atoms with Crippen LogP contribution in [0.3, 0.4) is 0 Å². The highest BCUT2D eigenvalue weighted by Crippen LogP contribution is 2.80. The van der Waals surface area contributed by atoms with Gasteiger partial charge in [-0.1, -0.05) is 18.2 Å². The molecule has 2 bridgehead atoms.